The largest absolute Gasteiger partial charge is 0.465 e. The zero-order valence-electron chi connectivity index (χ0n) is 10.4. The molecule has 19 heavy (non-hydrogen) atoms. The van der Waals surface area contributed by atoms with Crippen LogP contribution >= 0.6 is 0 Å². The summed E-state index contributed by atoms with van der Waals surface area (Å²) < 4.78 is 0. The van der Waals surface area contributed by atoms with Gasteiger partial charge >= 0.3 is 6.09 Å². The van der Waals surface area contributed by atoms with E-state index in [-0.39, 0.29) is 17.7 Å². The van der Waals surface area contributed by atoms with Crippen LogP contribution in [0, 0.1) is 5.92 Å². The van der Waals surface area contributed by atoms with Gasteiger partial charge in [-0.05, 0) is 30.5 Å². The fourth-order valence-electron chi connectivity index (χ4n) is 2.19. The first-order valence-electron chi connectivity index (χ1n) is 6.38. The summed E-state index contributed by atoms with van der Waals surface area (Å²) in [6.07, 6.45) is 2.69. The highest BCUT2D eigenvalue weighted by atomic mass is 16.4. The van der Waals surface area contributed by atoms with Crippen molar-refractivity contribution in [3.63, 3.8) is 0 Å². The van der Waals surface area contributed by atoms with Crippen LogP contribution < -0.4 is 5.32 Å². The number of amides is 2. The van der Waals surface area contributed by atoms with Crippen LogP contribution in [0.2, 0.25) is 0 Å². The molecule has 1 aliphatic carbocycles. The van der Waals surface area contributed by atoms with E-state index in [1.54, 1.807) is 6.20 Å². The van der Waals surface area contributed by atoms with E-state index in [1.165, 1.54) is 4.90 Å². The molecule has 1 aliphatic heterocycles. The number of nitrogens with one attached hydrogen (secondary N) is 1. The molecule has 0 unspecified atom stereocenters. The van der Waals surface area contributed by atoms with Crippen molar-refractivity contribution in [2.24, 2.45) is 5.92 Å². The third kappa shape index (κ3) is 2.52. The number of carbonyl (C=O) groups is 2. The Morgan fingerprint density at radius 3 is 2.74 bits per heavy atom. The first kappa shape index (κ1) is 12.0. The highest BCUT2D eigenvalue weighted by molar-refractivity contribution is 5.93. The highest BCUT2D eigenvalue weighted by Gasteiger charge is 2.32. The lowest BCUT2D eigenvalue weighted by Crippen LogP contribution is -2.47. The van der Waals surface area contributed by atoms with Gasteiger partial charge in [0.15, 0.2) is 0 Å². The van der Waals surface area contributed by atoms with Crippen molar-refractivity contribution >= 4 is 17.8 Å². The Labute approximate surface area is 110 Å². The van der Waals surface area contributed by atoms with E-state index >= 15 is 0 Å². The molecule has 1 aromatic rings. The fourth-order valence-corrected chi connectivity index (χ4v) is 2.19. The van der Waals surface area contributed by atoms with E-state index in [1.807, 2.05) is 12.1 Å². The first-order valence-corrected chi connectivity index (χ1v) is 6.38. The quantitative estimate of drug-likeness (QED) is 0.864. The zero-order chi connectivity index (χ0) is 13.4. The molecule has 6 nitrogen and oxygen atoms in total. The van der Waals surface area contributed by atoms with Gasteiger partial charge in [0.25, 0.3) is 0 Å². The van der Waals surface area contributed by atoms with Gasteiger partial charge < -0.3 is 15.3 Å². The van der Waals surface area contributed by atoms with E-state index in [4.69, 9.17) is 5.11 Å². The number of aromatic nitrogens is 1. The molecule has 1 saturated carbocycles. The van der Waals surface area contributed by atoms with Gasteiger partial charge in [0.1, 0.15) is 5.82 Å². The van der Waals surface area contributed by atoms with Crippen LogP contribution in [-0.2, 0) is 4.79 Å². The van der Waals surface area contributed by atoms with Gasteiger partial charge in [-0.15, -0.1) is 0 Å². The van der Waals surface area contributed by atoms with Gasteiger partial charge in [-0.25, -0.2) is 9.78 Å². The smallest absolute Gasteiger partial charge is 0.407 e. The molecule has 2 aliphatic rings. The molecule has 6 heteroatoms. The Morgan fingerprint density at radius 2 is 2.11 bits per heavy atom. The number of hydrogen-bond acceptors (Lipinski definition) is 3. The molecule has 2 heterocycles. The average Bonchev–Trinajstić information content (AvgIpc) is 3.10. The Hall–Kier alpha value is -2.11. The monoisotopic (exact) mass is 261 g/mol. The Morgan fingerprint density at radius 1 is 1.37 bits per heavy atom. The standard InChI is InChI=1S/C13H15N3O3/c17-12(8-1-2-8)15-11-5-9(3-4-14-11)10-6-16(7-10)13(18)19/h3-5,8,10H,1-2,6-7H2,(H,18,19)(H,14,15,17). The van der Waals surface area contributed by atoms with Gasteiger partial charge in [0.05, 0.1) is 0 Å². The normalized spacial score (nSPS) is 18.8. The maximum atomic E-state index is 11.6. The molecule has 2 N–H and O–H groups in total. The summed E-state index contributed by atoms with van der Waals surface area (Å²) in [5, 5.41) is 11.6. The first-order chi connectivity index (χ1) is 9.13. The van der Waals surface area contributed by atoms with Crippen molar-refractivity contribution in [3.05, 3.63) is 23.9 Å². The number of nitrogens with zero attached hydrogens (tertiary/aromatic N) is 2. The second-order valence-electron chi connectivity index (χ2n) is 5.12. The lowest BCUT2D eigenvalue weighted by atomic mass is 9.92. The van der Waals surface area contributed by atoms with Crippen LogP contribution in [0.25, 0.3) is 0 Å². The summed E-state index contributed by atoms with van der Waals surface area (Å²) in [6.45, 7) is 1.02. The molecule has 0 radical (unpaired) electrons. The lowest BCUT2D eigenvalue weighted by molar-refractivity contribution is -0.117. The van der Waals surface area contributed by atoms with Gasteiger partial charge in [-0.2, -0.15) is 0 Å². The minimum Gasteiger partial charge on any atom is -0.465 e. The molecule has 100 valence electrons. The number of carbonyl (C=O) groups excluding carboxylic acids is 1. The molecular formula is C13H15N3O3. The molecule has 0 aromatic carbocycles. The summed E-state index contributed by atoms with van der Waals surface area (Å²) in [4.78, 5) is 27.8. The maximum Gasteiger partial charge on any atom is 0.407 e. The maximum absolute atomic E-state index is 11.6. The molecule has 2 fully saturated rings. The third-order valence-corrected chi connectivity index (χ3v) is 3.61. The van der Waals surface area contributed by atoms with Crippen molar-refractivity contribution in [2.75, 3.05) is 18.4 Å². The summed E-state index contributed by atoms with van der Waals surface area (Å²) in [5.41, 5.74) is 1.03. The van der Waals surface area contributed by atoms with E-state index < -0.39 is 6.09 Å². The van der Waals surface area contributed by atoms with Crippen LogP contribution in [0.3, 0.4) is 0 Å². The third-order valence-electron chi connectivity index (χ3n) is 3.61. The van der Waals surface area contributed by atoms with Crippen molar-refractivity contribution < 1.29 is 14.7 Å². The number of hydrogen-bond donors (Lipinski definition) is 2. The van der Waals surface area contributed by atoms with E-state index in [0.717, 1.165) is 18.4 Å². The molecular weight excluding hydrogens is 246 g/mol. The van der Waals surface area contributed by atoms with Crippen LogP contribution in [0.5, 0.6) is 0 Å². The number of pyridine rings is 1. The summed E-state index contributed by atoms with van der Waals surface area (Å²) in [6, 6.07) is 3.71. The molecule has 0 bridgehead atoms. The molecule has 1 aromatic heterocycles. The van der Waals surface area contributed by atoms with Crippen molar-refractivity contribution in [1.29, 1.82) is 0 Å². The Bertz CT molecular complexity index is 522. The SMILES string of the molecule is O=C(Nc1cc(C2CN(C(=O)O)C2)ccn1)C1CC1. The van der Waals surface area contributed by atoms with E-state index in [9.17, 15) is 9.59 Å². The van der Waals surface area contributed by atoms with Crippen LogP contribution in [0.15, 0.2) is 18.3 Å². The van der Waals surface area contributed by atoms with Crippen molar-refractivity contribution in [3.8, 4) is 0 Å². The predicted molar refractivity (Wildman–Crippen MR) is 67.9 cm³/mol. The molecule has 1 saturated heterocycles. The van der Waals surface area contributed by atoms with Crippen LogP contribution in [0.4, 0.5) is 10.6 Å². The summed E-state index contributed by atoms with van der Waals surface area (Å²) in [7, 11) is 0. The van der Waals surface area contributed by atoms with E-state index in [0.29, 0.717) is 18.9 Å². The van der Waals surface area contributed by atoms with Gasteiger partial charge in [0.2, 0.25) is 5.91 Å². The Kier molecular flexibility index (Phi) is 2.85. The van der Waals surface area contributed by atoms with Gasteiger partial charge in [-0.3, -0.25) is 4.79 Å². The van der Waals surface area contributed by atoms with Gasteiger partial charge in [0, 0.05) is 31.1 Å². The molecule has 3 rings (SSSR count). The number of likely N-dealkylation sites (tertiary alicyclic amines) is 1. The second kappa shape index (κ2) is 4.53. The Balaban J connectivity index is 1.63. The fraction of sp³-hybridized carbons (Fsp3) is 0.462. The predicted octanol–water partition coefficient (Wildman–Crippen LogP) is 1.51. The highest BCUT2D eigenvalue weighted by Crippen LogP contribution is 2.31. The molecule has 0 spiro atoms. The summed E-state index contributed by atoms with van der Waals surface area (Å²) in [5.74, 6) is 0.945. The number of anilines is 1. The summed E-state index contributed by atoms with van der Waals surface area (Å²) >= 11 is 0. The molecule has 2 amide bonds. The zero-order valence-corrected chi connectivity index (χ0v) is 10.4. The lowest BCUT2D eigenvalue weighted by Gasteiger charge is -2.37. The van der Waals surface area contributed by atoms with Crippen molar-refractivity contribution in [1.82, 2.24) is 9.88 Å². The topological polar surface area (TPSA) is 82.5 Å². The van der Waals surface area contributed by atoms with Crippen LogP contribution in [0.1, 0.15) is 24.3 Å². The number of carboxylic acid groups (broad SMARTS) is 1. The van der Waals surface area contributed by atoms with Gasteiger partial charge in [-0.1, -0.05) is 0 Å². The number of rotatable bonds is 3. The van der Waals surface area contributed by atoms with Crippen LogP contribution in [-0.4, -0.2) is 40.1 Å². The van der Waals surface area contributed by atoms with Crippen molar-refractivity contribution in [2.45, 2.75) is 18.8 Å². The second-order valence-corrected chi connectivity index (χ2v) is 5.12. The average molecular weight is 261 g/mol. The van der Waals surface area contributed by atoms with E-state index in [2.05, 4.69) is 10.3 Å². The molecule has 0 atom stereocenters. The minimum atomic E-state index is -0.882. The minimum absolute atomic E-state index is 0.0328.